The monoisotopic (exact) mass is 190 g/mol. The molecule has 0 spiro atoms. The Hall–Kier alpha value is 0.310. The molecule has 0 atom stereocenters. The van der Waals surface area contributed by atoms with Gasteiger partial charge in [0.2, 0.25) is 0 Å². The third kappa shape index (κ3) is 3.81. The van der Waals surface area contributed by atoms with Gasteiger partial charge in [-0.25, -0.2) is 0 Å². The van der Waals surface area contributed by atoms with Gasteiger partial charge in [-0.15, -0.1) is 0 Å². The van der Waals surface area contributed by atoms with E-state index in [1.54, 1.807) is 0 Å². The van der Waals surface area contributed by atoms with Crippen molar-refractivity contribution in [2.45, 2.75) is 39.5 Å². The van der Waals surface area contributed by atoms with Crippen LogP contribution >= 0.6 is 11.8 Å². The van der Waals surface area contributed by atoms with E-state index < -0.39 is 0 Å². The van der Waals surface area contributed by atoms with Crippen LogP contribution in [0.2, 0.25) is 0 Å². The van der Waals surface area contributed by atoms with Gasteiger partial charge < -0.3 is 5.11 Å². The van der Waals surface area contributed by atoms with Crippen LogP contribution in [-0.2, 0) is 0 Å². The molecule has 0 aliphatic carbocycles. The highest BCUT2D eigenvalue weighted by atomic mass is 32.2. The second-order valence-corrected chi connectivity index (χ2v) is 4.45. The molecule has 0 aromatic carbocycles. The Morgan fingerprint density at radius 3 is 2.17 bits per heavy atom. The average molecular weight is 190 g/mol. The molecule has 0 rings (SSSR count). The van der Waals surface area contributed by atoms with Crippen molar-refractivity contribution in [3.8, 4) is 0 Å². The zero-order valence-corrected chi connectivity index (χ0v) is 9.41. The number of rotatable bonds is 7. The van der Waals surface area contributed by atoms with E-state index in [2.05, 4.69) is 20.1 Å². The summed E-state index contributed by atoms with van der Waals surface area (Å²) in [5.41, 5.74) is 0.218. The van der Waals surface area contributed by atoms with Gasteiger partial charge in [-0.2, -0.15) is 11.8 Å². The predicted molar refractivity (Wildman–Crippen MR) is 57.7 cm³/mol. The lowest BCUT2D eigenvalue weighted by atomic mass is 9.79. The average Bonchev–Trinajstić information content (AvgIpc) is 2.14. The van der Waals surface area contributed by atoms with E-state index in [1.807, 2.05) is 11.8 Å². The van der Waals surface area contributed by atoms with Gasteiger partial charge in [0.05, 0.1) is 0 Å². The standard InChI is InChI=1S/C10H22OS/c1-4-10(5-2,9-11)7-6-8-12-3/h11H,4-9H2,1-3H3. The van der Waals surface area contributed by atoms with Crippen molar-refractivity contribution < 1.29 is 5.11 Å². The van der Waals surface area contributed by atoms with Crippen LogP contribution in [0, 0.1) is 5.41 Å². The van der Waals surface area contributed by atoms with Crippen LogP contribution < -0.4 is 0 Å². The summed E-state index contributed by atoms with van der Waals surface area (Å²) in [5.74, 6) is 1.22. The van der Waals surface area contributed by atoms with Gasteiger partial charge in [0.15, 0.2) is 0 Å². The number of hydrogen-bond acceptors (Lipinski definition) is 2. The molecule has 0 aliphatic heterocycles. The summed E-state index contributed by atoms with van der Waals surface area (Å²) in [4.78, 5) is 0. The first-order valence-electron chi connectivity index (χ1n) is 4.84. The summed E-state index contributed by atoms with van der Waals surface area (Å²) in [6.07, 6.45) is 6.77. The second-order valence-electron chi connectivity index (χ2n) is 3.46. The van der Waals surface area contributed by atoms with E-state index in [0.717, 1.165) is 12.8 Å². The first-order chi connectivity index (χ1) is 5.74. The number of aliphatic hydroxyl groups is 1. The SMILES string of the molecule is CCC(CC)(CO)CCCSC. The summed E-state index contributed by atoms with van der Waals surface area (Å²) in [6, 6.07) is 0. The fourth-order valence-corrected chi connectivity index (χ4v) is 1.93. The summed E-state index contributed by atoms with van der Waals surface area (Å²) < 4.78 is 0. The van der Waals surface area contributed by atoms with Crippen LogP contribution in [0.25, 0.3) is 0 Å². The third-order valence-electron chi connectivity index (χ3n) is 2.89. The molecule has 0 bridgehead atoms. The van der Waals surface area contributed by atoms with Crippen molar-refractivity contribution in [1.82, 2.24) is 0 Å². The van der Waals surface area contributed by atoms with E-state index in [0.29, 0.717) is 6.61 Å². The molecule has 74 valence electrons. The molecule has 12 heavy (non-hydrogen) atoms. The molecule has 2 heteroatoms. The zero-order chi connectivity index (χ0) is 9.45. The lowest BCUT2D eigenvalue weighted by molar-refractivity contribution is 0.105. The highest BCUT2D eigenvalue weighted by Gasteiger charge is 2.23. The highest BCUT2D eigenvalue weighted by molar-refractivity contribution is 7.98. The highest BCUT2D eigenvalue weighted by Crippen LogP contribution is 2.31. The van der Waals surface area contributed by atoms with E-state index in [1.165, 1.54) is 18.6 Å². The first-order valence-corrected chi connectivity index (χ1v) is 6.24. The molecule has 1 N–H and O–H groups in total. The molecule has 0 unspecified atom stereocenters. The largest absolute Gasteiger partial charge is 0.396 e. The van der Waals surface area contributed by atoms with E-state index in [-0.39, 0.29) is 5.41 Å². The molecule has 0 aromatic heterocycles. The maximum atomic E-state index is 9.27. The Morgan fingerprint density at radius 1 is 1.25 bits per heavy atom. The van der Waals surface area contributed by atoms with Crippen LogP contribution in [0.15, 0.2) is 0 Å². The Balaban J connectivity index is 3.76. The minimum atomic E-state index is 0.218. The van der Waals surface area contributed by atoms with Crippen LogP contribution in [0.5, 0.6) is 0 Å². The van der Waals surface area contributed by atoms with Crippen LogP contribution in [0.1, 0.15) is 39.5 Å². The Bertz CT molecular complexity index is 91.7. The maximum absolute atomic E-state index is 9.27. The summed E-state index contributed by atoms with van der Waals surface area (Å²) in [7, 11) is 0. The van der Waals surface area contributed by atoms with Crippen LogP contribution in [-0.4, -0.2) is 23.7 Å². The lowest BCUT2D eigenvalue weighted by Crippen LogP contribution is -2.23. The van der Waals surface area contributed by atoms with Gasteiger partial charge in [-0.3, -0.25) is 0 Å². The second kappa shape index (κ2) is 6.79. The predicted octanol–water partition coefficient (Wildman–Crippen LogP) is 2.93. The molecule has 1 nitrogen and oxygen atoms in total. The molecule has 0 aromatic rings. The van der Waals surface area contributed by atoms with Crippen molar-refractivity contribution in [3.05, 3.63) is 0 Å². The molecule has 0 amide bonds. The Labute approximate surface area is 80.9 Å². The topological polar surface area (TPSA) is 20.2 Å². The van der Waals surface area contributed by atoms with Crippen molar-refractivity contribution in [2.75, 3.05) is 18.6 Å². The van der Waals surface area contributed by atoms with Crippen LogP contribution in [0.3, 0.4) is 0 Å². The minimum Gasteiger partial charge on any atom is -0.396 e. The number of aliphatic hydroxyl groups excluding tert-OH is 1. The fraction of sp³-hybridized carbons (Fsp3) is 1.00. The zero-order valence-electron chi connectivity index (χ0n) is 8.60. The molecule has 0 heterocycles. The number of thioether (sulfide) groups is 1. The molecule has 0 fully saturated rings. The summed E-state index contributed by atoms with van der Waals surface area (Å²) in [5, 5.41) is 9.27. The van der Waals surface area contributed by atoms with E-state index >= 15 is 0 Å². The molecule has 0 saturated carbocycles. The minimum absolute atomic E-state index is 0.218. The van der Waals surface area contributed by atoms with Gasteiger partial charge >= 0.3 is 0 Å². The van der Waals surface area contributed by atoms with Crippen LogP contribution in [0.4, 0.5) is 0 Å². The molecular weight excluding hydrogens is 168 g/mol. The van der Waals surface area contributed by atoms with E-state index in [4.69, 9.17) is 0 Å². The quantitative estimate of drug-likeness (QED) is 0.623. The summed E-state index contributed by atoms with van der Waals surface area (Å²) >= 11 is 1.89. The summed E-state index contributed by atoms with van der Waals surface area (Å²) in [6.45, 7) is 4.71. The van der Waals surface area contributed by atoms with Crippen molar-refractivity contribution in [2.24, 2.45) is 5.41 Å². The Morgan fingerprint density at radius 2 is 1.83 bits per heavy atom. The van der Waals surface area contributed by atoms with Gasteiger partial charge in [0, 0.05) is 6.61 Å². The van der Waals surface area contributed by atoms with Crippen molar-refractivity contribution in [3.63, 3.8) is 0 Å². The third-order valence-corrected chi connectivity index (χ3v) is 3.59. The molecule has 0 radical (unpaired) electrons. The number of hydrogen-bond donors (Lipinski definition) is 1. The first kappa shape index (κ1) is 12.3. The van der Waals surface area contributed by atoms with Crippen molar-refractivity contribution >= 4 is 11.8 Å². The normalized spacial score (nSPS) is 12.0. The Kier molecular flexibility index (Phi) is 6.96. The maximum Gasteiger partial charge on any atom is 0.0487 e. The van der Waals surface area contributed by atoms with E-state index in [9.17, 15) is 5.11 Å². The fourth-order valence-electron chi connectivity index (χ4n) is 1.50. The van der Waals surface area contributed by atoms with Gasteiger partial charge in [-0.1, -0.05) is 13.8 Å². The molecular formula is C10H22OS. The van der Waals surface area contributed by atoms with Gasteiger partial charge in [0.1, 0.15) is 0 Å². The van der Waals surface area contributed by atoms with Gasteiger partial charge in [-0.05, 0) is 43.1 Å². The smallest absolute Gasteiger partial charge is 0.0487 e. The lowest BCUT2D eigenvalue weighted by Gasteiger charge is -2.29. The molecule has 0 aliphatic rings. The molecule has 0 saturated heterocycles. The van der Waals surface area contributed by atoms with Crippen molar-refractivity contribution in [1.29, 1.82) is 0 Å². The van der Waals surface area contributed by atoms with Gasteiger partial charge in [0.25, 0.3) is 0 Å².